The van der Waals surface area contributed by atoms with E-state index >= 15 is 0 Å². The Bertz CT molecular complexity index is 620. The molecule has 2 aromatic rings. The SMILES string of the molecule is COc1nn(C)c(=O)n1-c1ccc(Br)cc1F. The molecule has 0 fully saturated rings. The molecule has 0 bridgehead atoms. The molecule has 0 saturated carbocycles. The van der Waals surface area contributed by atoms with Crippen LogP contribution in [0.4, 0.5) is 4.39 Å². The number of nitrogens with zero attached hydrogens (tertiary/aromatic N) is 3. The molecule has 2 rings (SSSR count). The Labute approximate surface area is 105 Å². The molecular weight excluding hydrogens is 293 g/mol. The highest BCUT2D eigenvalue weighted by molar-refractivity contribution is 9.10. The second-order valence-corrected chi connectivity index (χ2v) is 4.24. The van der Waals surface area contributed by atoms with Gasteiger partial charge in [0.2, 0.25) is 0 Å². The van der Waals surface area contributed by atoms with Gasteiger partial charge in [-0.15, -0.1) is 5.10 Å². The molecule has 7 heteroatoms. The van der Waals surface area contributed by atoms with E-state index in [1.807, 2.05) is 0 Å². The van der Waals surface area contributed by atoms with Gasteiger partial charge in [0.15, 0.2) is 0 Å². The van der Waals surface area contributed by atoms with E-state index in [-0.39, 0.29) is 11.7 Å². The van der Waals surface area contributed by atoms with Gasteiger partial charge in [-0.05, 0) is 18.2 Å². The normalized spacial score (nSPS) is 10.6. The molecule has 0 aliphatic carbocycles. The van der Waals surface area contributed by atoms with Crippen LogP contribution in [0.15, 0.2) is 27.5 Å². The Morgan fingerprint density at radius 1 is 1.47 bits per heavy atom. The Morgan fingerprint density at radius 2 is 2.18 bits per heavy atom. The molecular formula is C10H9BrFN3O2. The maximum Gasteiger partial charge on any atom is 0.353 e. The van der Waals surface area contributed by atoms with Gasteiger partial charge in [-0.2, -0.15) is 0 Å². The first-order valence-electron chi connectivity index (χ1n) is 4.70. The summed E-state index contributed by atoms with van der Waals surface area (Å²) in [5.41, 5.74) is -0.369. The number of hydrogen-bond acceptors (Lipinski definition) is 3. The van der Waals surface area contributed by atoms with Gasteiger partial charge >= 0.3 is 11.7 Å². The van der Waals surface area contributed by atoms with Gasteiger partial charge < -0.3 is 4.74 Å². The summed E-state index contributed by atoms with van der Waals surface area (Å²) in [6.45, 7) is 0. The van der Waals surface area contributed by atoms with Crippen LogP contribution < -0.4 is 10.4 Å². The molecule has 0 radical (unpaired) electrons. The number of halogens is 2. The van der Waals surface area contributed by atoms with Crippen LogP contribution in [0.25, 0.3) is 5.69 Å². The first-order valence-corrected chi connectivity index (χ1v) is 5.49. The largest absolute Gasteiger partial charge is 0.467 e. The molecule has 0 unspecified atom stereocenters. The molecule has 1 aromatic carbocycles. The summed E-state index contributed by atoms with van der Waals surface area (Å²) in [6, 6.07) is 4.43. The fraction of sp³-hybridized carbons (Fsp3) is 0.200. The third-order valence-electron chi connectivity index (χ3n) is 2.23. The standard InChI is InChI=1S/C10H9BrFN3O2/c1-14-10(16)15(9(13-14)17-2)8-4-3-6(11)5-7(8)12/h3-5H,1-2H3. The topological polar surface area (TPSA) is 49.1 Å². The lowest BCUT2D eigenvalue weighted by Crippen LogP contribution is -2.22. The molecule has 0 aliphatic rings. The first kappa shape index (κ1) is 11.8. The van der Waals surface area contributed by atoms with Gasteiger partial charge in [0.25, 0.3) is 0 Å². The third kappa shape index (κ3) is 1.97. The number of aryl methyl sites for hydroxylation is 1. The van der Waals surface area contributed by atoms with Crippen LogP contribution in [0.3, 0.4) is 0 Å². The van der Waals surface area contributed by atoms with E-state index in [0.29, 0.717) is 4.47 Å². The lowest BCUT2D eigenvalue weighted by Gasteiger charge is -2.05. The smallest absolute Gasteiger partial charge is 0.353 e. The van der Waals surface area contributed by atoms with Crippen molar-refractivity contribution in [3.63, 3.8) is 0 Å². The summed E-state index contributed by atoms with van der Waals surface area (Å²) in [4.78, 5) is 11.8. The minimum absolute atomic E-state index is 0.0405. The average molecular weight is 302 g/mol. The van der Waals surface area contributed by atoms with Crippen molar-refractivity contribution in [2.45, 2.75) is 0 Å². The predicted molar refractivity (Wildman–Crippen MR) is 63.0 cm³/mol. The monoisotopic (exact) mass is 301 g/mol. The van der Waals surface area contributed by atoms with E-state index in [1.54, 1.807) is 6.07 Å². The van der Waals surface area contributed by atoms with Crippen molar-refractivity contribution in [2.24, 2.45) is 7.05 Å². The van der Waals surface area contributed by atoms with E-state index in [2.05, 4.69) is 21.0 Å². The Morgan fingerprint density at radius 3 is 2.76 bits per heavy atom. The van der Waals surface area contributed by atoms with Crippen LogP contribution >= 0.6 is 15.9 Å². The summed E-state index contributed by atoms with van der Waals surface area (Å²) in [6.07, 6.45) is 0. The lowest BCUT2D eigenvalue weighted by molar-refractivity contribution is 0.367. The van der Waals surface area contributed by atoms with Crippen LogP contribution in [0.5, 0.6) is 6.01 Å². The maximum atomic E-state index is 13.8. The van der Waals surface area contributed by atoms with E-state index in [9.17, 15) is 9.18 Å². The van der Waals surface area contributed by atoms with Crippen molar-refractivity contribution in [1.82, 2.24) is 14.3 Å². The number of rotatable bonds is 2. The van der Waals surface area contributed by atoms with Crippen molar-refractivity contribution in [3.8, 4) is 11.7 Å². The van der Waals surface area contributed by atoms with Gasteiger partial charge in [0.1, 0.15) is 5.82 Å². The number of aromatic nitrogens is 3. The first-order chi connectivity index (χ1) is 8.04. The lowest BCUT2D eigenvalue weighted by atomic mass is 10.3. The zero-order valence-electron chi connectivity index (χ0n) is 9.15. The number of hydrogen-bond donors (Lipinski definition) is 0. The van der Waals surface area contributed by atoms with Gasteiger partial charge in [-0.3, -0.25) is 0 Å². The predicted octanol–water partition coefficient (Wildman–Crippen LogP) is 1.48. The molecule has 1 aromatic heterocycles. The van der Waals surface area contributed by atoms with Crippen LogP contribution in [-0.2, 0) is 7.05 Å². The molecule has 0 spiro atoms. The van der Waals surface area contributed by atoms with E-state index in [1.165, 1.54) is 26.3 Å². The summed E-state index contributed by atoms with van der Waals surface area (Å²) < 4.78 is 21.4. The summed E-state index contributed by atoms with van der Waals surface area (Å²) in [5, 5.41) is 3.84. The molecule has 5 nitrogen and oxygen atoms in total. The second-order valence-electron chi connectivity index (χ2n) is 3.32. The molecule has 0 aliphatic heterocycles. The Hall–Kier alpha value is -1.63. The van der Waals surface area contributed by atoms with Gasteiger partial charge in [-0.25, -0.2) is 18.4 Å². The quantitative estimate of drug-likeness (QED) is 0.844. The molecule has 1 heterocycles. The molecule has 0 atom stereocenters. The van der Waals surface area contributed by atoms with E-state index in [4.69, 9.17) is 4.74 Å². The second kappa shape index (κ2) is 4.33. The highest BCUT2D eigenvalue weighted by Crippen LogP contribution is 2.20. The molecule has 0 amide bonds. The molecule has 90 valence electrons. The van der Waals surface area contributed by atoms with Crippen molar-refractivity contribution in [3.05, 3.63) is 39.0 Å². The maximum absolute atomic E-state index is 13.8. The minimum Gasteiger partial charge on any atom is -0.467 e. The van der Waals surface area contributed by atoms with Crippen molar-refractivity contribution in [1.29, 1.82) is 0 Å². The highest BCUT2D eigenvalue weighted by Gasteiger charge is 2.16. The zero-order valence-corrected chi connectivity index (χ0v) is 10.7. The van der Waals surface area contributed by atoms with Gasteiger partial charge in [0, 0.05) is 11.5 Å². The summed E-state index contributed by atoms with van der Waals surface area (Å²) in [5.74, 6) is -0.534. The van der Waals surface area contributed by atoms with Crippen molar-refractivity contribution in [2.75, 3.05) is 7.11 Å². The average Bonchev–Trinajstić information content (AvgIpc) is 2.56. The summed E-state index contributed by atoms with van der Waals surface area (Å²) in [7, 11) is 2.84. The fourth-order valence-corrected chi connectivity index (χ4v) is 1.78. The van der Waals surface area contributed by atoms with Crippen LogP contribution in [0.1, 0.15) is 0 Å². The van der Waals surface area contributed by atoms with Gasteiger partial charge in [0.05, 0.1) is 12.8 Å². The Balaban J connectivity index is 2.72. The van der Waals surface area contributed by atoms with Crippen LogP contribution in [0, 0.1) is 5.82 Å². The number of methoxy groups -OCH3 is 1. The molecule has 17 heavy (non-hydrogen) atoms. The van der Waals surface area contributed by atoms with E-state index in [0.717, 1.165) is 9.25 Å². The van der Waals surface area contributed by atoms with Crippen molar-refractivity contribution >= 4 is 15.9 Å². The third-order valence-corrected chi connectivity index (χ3v) is 2.72. The van der Waals surface area contributed by atoms with Crippen LogP contribution in [0.2, 0.25) is 0 Å². The molecule has 0 N–H and O–H groups in total. The van der Waals surface area contributed by atoms with Crippen molar-refractivity contribution < 1.29 is 9.13 Å². The minimum atomic E-state index is -0.534. The Kier molecular flexibility index (Phi) is 3.01. The van der Waals surface area contributed by atoms with Gasteiger partial charge in [-0.1, -0.05) is 15.9 Å². The summed E-state index contributed by atoms with van der Waals surface area (Å²) >= 11 is 3.15. The number of ether oxygens (including phenoxy) is 1. The van der Waals surface area contributed by atoms with Crippen LogP contribution in [-0.4, -0.2) is 21.5 Å². The fourth-order valence-electron chi connectivity index (χ4n) is 1.44. The highest BCUT2D eigenvalue weighted by atomic mass is 79.9. The number of benzene rings is 1. The zero-order chi connectivity index (χ0) is 12.6. The van der Waals surface area contributed by atoms with E-state index < -0.39 is 11.5 Å². The molecule has 0 saturated heterocycles.